The molecule has 1 rings (SSSR count). The van der Waals surface area contributed by atoms with Gasteiger partial charge < -0.3 is 10.1 Å². The molecule has 0 saturated heterocycles. The third-order valence-electron chi connectivity index (χ3n) is 3.50. The minimum atomic E-state index is 0.158. The Hall–Kier alpha value is -0.540. The molecule has 1 atom stereocenters. The van der Waals surface area contributed by atoms with Gasteiger partial charge in [-0.25, -0.2) is 0 Å². The van der Waals surface area contributed by atoms with Gasteiger partial charge in [0.1, 0.15) is 11.9 Å². The van der Waals surface area contributed by atoms with Gasteiger partial charge in [-0.2, -0.15) is 0 Å². The molecule has 1 aromatic rings. The normalized spacial score (nSPS) is 13.4. The minimum absolute atomic E-state index is 0.158. The van der Waals surface area contributed by atoms with E-state index in [-0.39, 0.29) is 11.6 Å². The molecule has 108 valence electrons. The first-order valence-electron chi connectivity index (χ1n) is 6.93. The maximum atomic E-state index is 5.99. The number of nitrogens with one attached hydrogen (secondary N) is 1. The van der Waals surface area contributed by atoms with Crippen molar-refractivity contribution in [2.24, 2.45) is 0 Å². The van der Waals surface area contributed by atoms with Crippen LogP contribution in [-0.4, -0.2) is 18.2 Å². The fourth-order valence-corrected chi connectivity index (χ4v) is 2.02. The Bertz CT molecular complexity index is 406. The highest BCUT2D eigenvalue weighted by atomic mass is 79.9. The first kappa shape index (κ1) is 16.5. The largest absolute Gasteiger partial charge is 0.489 e. The quantitative estimate of drug-likeness (QED) is 0.823. The summed E-state index contributed by atoms with van der Waals surface area (Å²) in [5.74, 6) is 0.946. The fraction of sp³-hybridized carbons (Fsp3) is 0.625. The maximum Gasteiger partial charge on any atom is 0.120 e. The van der Waals surface area contributed by atoms with Gasteiger partial charge in [-0.15, -0.1) is 0 Å². The Labute approximate surface area is 126 Å². The molecule has 0 amide bonds. The number of ether oxygens (including phenoxy) is 1. The van der Waals surface area contributed by atoms with Gasteiger partial charge in [0.05, 0.1) is 0 Å². The Morgan fingerprint density at radius 1 is 1.26 bits per heavy atom. The van der Waals surface area contributed by atoms with Crippen LogP contribution in [0.25, 0.3) is 0 Å². The van der Waals surface area contributed by atoms with Gasteiger partial charge in [-0.3, -0.25) is 0 Å². The van der Waals surface area contributed by atoms with Crippen LogP contribution >= 0.6 is 15.9 Å². The molecule has 3 heteroatoms. The zero-order chi connectivity index (χ0) is 14.6. The zero-order valence-electron chi connectivity index (χ0n) is 12.9. The van der Waals surface area contributed by atoms with E-state index in [4.69, 9.17) is 4.74 Å². The molecule has 0 bridgehead atoms. The molecule has 0 radical (unpaired) electrons. The Kier molecular flexibility index (Phi) is 5.87. The Morgan fingerprint density at radius 2 is 1.79 bits per heavy atom. The SMILES string of the molecule is CCC(C)(C)NCC(C)Oc1cc(C)c(Br)c(C)c1. The summed E-state index contributed by atoms with van der Waals surface area (Å²) < 4.78 is 7.15. The smallest absolute Gasteiger partial charge is 0.120 e. The summed E-state index contributed by atoms with van der Waals surface area (Å²) in [5, 5.41) is 3.54. The van der Waals surface area contributed by atoms with Crippen LogP contribution in [0.4, 0.5) is 0 Å². The number of rotatable bonds is 6. The van der Waals surface area contributed by atoms with Gasteiger partial charge in [0.25, 0.3) is 0 Å². The lowest BCUT2D eigenvalue weighted by Crippen LogP contribution is -2.43. The monoisotopic (exact) mass is 327 g/mol. The lowest BCUT2D eigenvalue weighted by atomic mass is 10.0. The number of benzene rings is 1. The highest BCUT2D eigenvalue weighted by Gasteiger charge is 2.16. The van der Waals surface area contributed by atoms with Crippen LogP contribution in [0.1, 0.15) is 45.2 Å². The molecule has 0 aliphatic carbocycles. The van der Waals surface area contributed by atoms with Crippen molar-refractivity contribution in [1.29, 1.82) is 0 Å². The molecule has 0 aliphatic rings. The van der Waals surface area contributed by atoms with Crippen LogP contribution < -0.4 is 10.1 Å². The van der Waals surface area contributed by atoms with E-state index in [9.17, 15) is 0 Å². The van der Waals surface area contributed by atoms with Crippen LogP contribution in [0.5, 0.6) is 5.75 Å². The predicted octanol–water partition coefficient (Wildman–Crippen LogP) is 4.61. The average molecular weight is 328 g/mol. The van der Waals surface area contributed by atoms with E-state index in [2.05, 4.69) is 74.9 Å². The summed E-state index contributed by atoms with van der Waals surface area (Å²) in [6.45, 7) is 13.8. The molecule has 0 heterocycles. The molecule has 19 heavy (non-hydrogen) atoms. The summed E-state index contributed by atoms with van der Waals surface area (Å²) in [7, 11) is 0. The van der Waals surface area contributed by atoms with Crippen LogP contribution in [0, 0.1) is 13.8 Å². The summed E-state index contributed by atoms with van der Waals surface area (Å²) >= 11 is 3.58. The molecule has 1 N–H and O–H groups in total. The van der Waals surface area contributed by atoms with Gasteiger partial charge in [-0.1, -0.05) is 22.9 Å². The van der Waals surface area contributed by atoms with E-state index < -0.39 is 0 Å². The van der Waals surface area contributed by atoms with Crippen molar-refractivity contribution in [3.8, 4) is 5.75 Å². The van der Waals surface area contributed by atoms with Crippen LogP contribution in [-0.2, 0) is 0 Å². The van der Waals surface area contributed by atoms with Gasteiger partial charge in [0.15, 0.2) is 0 Å². The van der Waals surface area contributed by atoms with E-state index in [0.29, 0.717) is 0 Å². The molecule has 2 nitrogen and oxygen atoms in total. The van der Waals surface area contributed by atoms with Crippen molar-refractivity contribution in [2.75, 3.05) is 6.54 Å². The molecule has 0 fully saturated rings. The first-order chi connectivity index (χ1) is 8.75. The number of halogens is 1. The van der Waals surface area contributed by atoms with Crippen LogP contribution in [0.2, 0.25) is 0 Å². The van der Waals surface area contributed by atoms with Crippen LogP contribution in [0.3, 0.4) is 0 Å². The summed E-state index contributed by atoms with van der Waals surface area (Å²) in [4.78, 5) is 0. The van der Waals surface area contributed by atoms with Crippen molar-refractivity contribution in [3.05, 3.63) is 27.7 Å². The van der Waals surface area contributed by atoms with E-state index in [1.165, 1.54) is 11.1 Å². The highest BCUT2D eigenvalue weighted by Crippen LogP contribution is 2.26. The molecule has 0 aromatic heterocycles. The Morgan fingerprint density at radius 3 is 2.26 bits per heavy atom. The second-order valence-electron chi connectivity index (χ2n) is 5.92. The average Bonchev–Trinajstić information content (AvgIpc) is 2.33. The molecule has 0 aliphatic heterocycles. The highest BCUT2D eigenvalue weighted by molar-refractivity contribution is 9.10. The van der Waals surface area contributed by atoms with Gasteiger partial charge in [-0.05, 0) is 64.3 Å². The molecule has 1 unspecified atom stereocenters. The van der Waals surface area contributed by atoms with Crippen molar-refractivity contribution >= 4 is 15.9 Å². The second-order valence-corrected chi connectivity index (χ2v) is 6.71. The van der Waals surface area contributed by atoms with E-state index in [0.717, 1.165) is 23.2 Å². The topological polar surface area (TPSA) is 21.3 Å². The van der Waals surface area contributed by atoms with Crippen LogP contribution in [0.15, 0.2) is 16.6 Å². The minimum Gasteiger partial charge on any atom is -0.489 e. The van der Waals surface area contributed by atoms with E-state index in [1.807, 2.05) is 0 Å². The standard InChI is InChI=1S/C16H26BrNO/c1-7-16(5,6)18-10-13(4)19-14-8-11(2)15(17)12(3)9-14/h8-9,13,18H,7,10H2,1-6H3. The lowest BCUT2D eigenvalue weighted by molar-refractivity contribution is 0.198. The molecular weight excluding hydrogens is 302 g/mol. The molecule has 0 saturated carbocycles. The summed E-state index contributed by atoms with van der Waals surface area (Å²) in [6.07, 6.45) is 1.27. The van der Waals surface area contributed by atoms with Crippen molar-refractivity contribution < 1.29 is 4.74 Å². The third kappa shape index (κ3) is 5.15. The van der Waals surface area contributed by atoms with Crippen molar-refractivity contribution in [1.82, 2.24) is 5.32 Å². The molecule has 1 aromatic carbocycles. The van der Waals surface area contributed by atoms with Crippen molar-refractivity contribution in [3.63, 3.8) is 0 Å². The number of aryl methyl sites for hydroxylation is 2. The predicted molar refractivity (Wildman–Crippen MR) is 86.1 cm³/mol. The van der Waals surface area contributed by atoms with Gasteiger partial charge in [0.2, 0.25) is 0 Å². The van der Waals surface area contributed by atoms with Crippen molar-refractivity contribution in [2.45, 2.75) is 59.6 Å². The molecule has 0 spiro atoms. The van der Waals surface area contributed by atoms with Gasteiger partial charge in [0, 0.05) is 16.6 Å². The number of hydrogen-bond donors (Lipinski definition) is 1. The first-order valence-corrected chi connectivity index (χ1v) is 7.73. The zero-order valence-corrected chi connectivity index (χ0v) is 14.5. The fourth-order valence-electron chi connectivity index (χ4n) is 1.79. The lowest BCUT2D eigenvalue weighted by Gasteiger charge is -2.27. The summed E-state index contributed by atoms with van der Waals surface area (Å²) in [6, 6.07) is 4.16. The summed E-state index contributed by atoms with van der Waals surface area (Å²) in [5.41, 5.74) is 2.59. The second kappa shape index (κ2) is 6.76. The number of hydrogen-bond acceptors (Lipinski definition) is 2. The molecular formula is C16H26BrNO. The van der Waals surface area contributed by atoms with E-state index in [1.54, 1.807) is 0 Å². The Balaban J connectivity index is 2.60. The van der Waals surface area contributed by atoms with E-state index >= 15 is 0 Å². The third-order valence-corrected chi connectivity index (χ3v) is 4.75. The van der Waals surface area contributed by atoms with Gasteiger partial charge >= 0.3 is 0 Å². The maximum absolute atomic E-state index is 5.99.